The zero-order chi connectivity index (χ0) is 13.3. The van der Waals surface area contributed by atoms with Crippen molar-refractivity contribution in [2.75, 3.05) is 33.9 Å². The lowest BCUT2D eigenvalue weighted by molar-refractivity contribution is -0.0408. The largest absolute Gasteiger partial charge is 0.389 e. The number of aliphatic hydroxyl groups excluding tert-OH is 1. The molecule has 0 aromatic heterocycles. The summed E-state index contributed by atoms with van der Waals surface area (Å²) in [6.45, 7) is 7.89. The van der Waals surface area contributed by atoms with E-state index in [1.165, 1.54) is 0 Å². The number of methoxy groups -OCH3 is 1. The molecule has 4 heteroatoms. The molecule has 0 bridgehead atoms. The monoisotopic (exact) mass is 247 g/mol. The van der Waals surface area contributed by atoms with Gasteiger partial charge in [0.1, 0.15) is 0 Å². The van der Waals surface area contributed by atoms with E-state index in [9.17, 15) is 5.11 Å². The van der Waals surface area contributed by atoms with E-state index < -0.39 is 6.10 Å². The van der Waals surface area contributed by atoms with Crippen LogP contribution in [-0.4, -0.2) is 62.2 Å². The second-order valence-electron chi connectivity index (χ2n) is 4.66. The molecule has 0 rings (SSSR count). The van der Waals surface area contributed by atoms with Gasteiger partial charge in [-0.15, -0.1) is 0 Å². The Bertz CT molecular complexity index is 174. The van der Waals surface area contributed by atoms with Gasteiger partial charge in [-0.3, -0.25) is 0 Å². The first kappa shape index (κ1) is 16.8. The first-order chi connectivity index (χ1) is 8.04. The quantitative estimate of drug-likeness (QED) is 0.635. The molecule has 1 N–H and O–H groups in total. The van der Waals surface area contributed by atoms with Gasteiger partial charge in [0.05, 0.1) is 25.4 Å². The lowest BCUT2D eigenvalue weighted by atomic mass is 10.1. The maximum absolute atomic E-state index is 9.87. The lowest BCUT2D eigenvalue weighted by Gasteiger charge is -2.28. The summed E-state index contributed by atoms with van der Waals surface area (Å²) in [6, 6.07) is 0.543. The Kier molecular flexibility index (Phi) is 9.74. The van der Waals surface area contributed by atoms with Crippen LogP contribution in [0.2, 0.25) is 0 Å². The fraction of sp³-hybridized carbons (Fsp3) is 1.00. The molecule has 0 fully saturated rings. The van der Waals surface area contributed by atoms with Gasteiger partial charge in [0.2, 0.25) is 0 Å². The van der Waals surface area contributed by atoms with Gasteiger partial charge in [-0.2, -0.15) is 0 Å². The van der Waals surface area contributed by atoms with Gasteiger partial charge in [0, 0.05) is 19.7 Å². The van der Waals surface area contributed by atoms with Crippen LogP contribution in [0.5, 0.6) is 0 Å². The van der Waals surface area contributed by atoms with E-state index in [-0.39, 0.29) is 6.10 Å². The number of likely N-dealkylation sites (N-methyl/N-ethyl adjacent to an activating group) is 1. The summed E-state index contributed by atoms with van der Waals surface area (Å²) in [5, 5.41) is 9.87. The molecule has 0 spiro atoms. The summed E-state index contributed by atoms with van der Waals surface area (Å²) in [6.07, 6.45) is 1.83. The summed E-state index contributed by atoms with van der Waals surface area (Å²) >= 11 is 0. The normalized spacial score (nSPS) is 15.5. The summed E-state index contributed by atoms with van der Waals surface area (Å²) in [7, 11) is 3.70. The molecule has 0 aliphatic rings. The first-order valence-electron chi connectivity index (χ1n) is 6.53. The van der Waals surface area contributed by atoms with Gasteiger partial charge in [0.15, 0.2) is 0 Å². The Hall–Kier alpha value is -0.160. The van der Waals surface area contributed by atoms with Gasteiger partial charge in [-0.1, -0.05) is 13.8 Å². The molecule has 0 aromatic carbocycles. The highest BCUT2D eigenvalue weighted by atomic mass is 16.5. The maximum atomic E-state index is 9.87. The van der Waals surface area contributed by atoms with E-state index in [1.54, 1.807) is 7.11 Å². The van der Waals surface area contributed by atoms with Crippen LogP contribution in [0.1, 0.15) is 33.6 Å². The molecule has 17 heavy (non-hydrogen) atoms. The zero-order valence-electron chi connectivity index (χ0n) is 12.0. The molecular weight excluding hydrogens is 218 g/mol. The van der Waals surface area contributed by atoms with Crippen LogP contribution in [0, 0.1) is 0 Å². The Morgan fingerprint density at radius 1 is 1.18 bits per heavy atom. The van der Waals surface area contributed by atoms with E-state index in [4.69, 9.17) is 9.47 Å². The molecule has 0 radical (unpaired) electrons. The van der Waals surface area contributed by atoms with Crippen LogP contribution in [0.15, 0.2) is 0 Å². The minimum Gasteiger partial charge on any atom is -0.389 e. The Labute approximate surface area is 106 Å². The third-order valence-electron chi connectivity index (χ3n) is 3.04. The van der Waals surface area contributed by atoms with E-state index in [0.29, 0.717) is 25.8 Å². The minimum atomic E-state index is -0.431. The number of ether oxygens (including phenoxy) is 2. The predicted molar refractivity (Wildman–Crippen MR) is 70.3 cm³/mol. The summed E-state index contributed by atoms with van der Waals surface area (Å²) in [4.78, 5) is 2.20. The predicted octanol–water partition coefficient (Wildman–Crippen LogP) is 1.52. The van der Waals surface area contributed by atoms with Crippen molar-refractivity contribution in [3.8, 4) is 0 Å². The van der Waals surface area contributed by atoms with Crippen LogP contribution >= 0.6 is 0 Å². The summed E-state index contributed by atoms with van der Waals surface area (Å²) < 4.78 is 10.5. The zero-order valence-corrected chi connectivity index (χ0v) is 12.0. The highest BCUT2D eigenvalue weighted by molar-refractivity contribution is 4.69. The fourth-order valence-corrected chi connectivity index (χ4v) is 2.00. The highest BCUT2D eigenvalue weighted by Gasteiger charge is 2.15. The number of hydrogen-bond donors (Lipinski definition) is 1. The average molecular weight is 247 g/mol. The van der Waals surface area contributed by atoms with Gasteiger partial charge in [-0.05, 0) is 26.8 Å². The van der Waals surface area contributed by atoms with Crippen molar-refractivity contribution >= 4 is 0 Å². The van der Waals surface area contributed by atoms with Crippen LogP contribution in [0.25, 0.3) is 0 Å². The SMILES string of the molecule is CCC(CC)N(C)CC(O)COC(C)COC. The molecule has 0 amide bonds. The standard InChI is InChI=1S/C13H29NO3/c1-6-12(7-2)14(4)8-13(15)10-17-11(3)9-16-5/h11-13,15H,6-10H2,1-5H3. The molecule has 2 unspecified atom stereocenters. The number of rotatable bonds is 10. The van der Waals surface area contributed by atoms with E-state index in [1.807, 2.05) is 6.92 Å². The maximum Gasteiger partial charge on any atom is 0.0900 e. The minimum absolute atomic E-state index is 0.0353. The third-order valence-corrected chi connectivity index (χ3v) is 3.04. The van der Waals surface area contributed by atoms with Gasteiger partial charge < -0.3 is 19.5 Å². The molecular formula is C13H29NO3. The van der Waals surface area contributed by atoms with Crippen LogP contribution in [-0.2, 0) is 9.47 Å². The van der Waals surface area contributed by atoms with E-state index >= 15 is 0 Å². The fourth-order valence-electron chi connectivity index (χ4n) is 2.00. The smallest absolute Gasteiger partial charge is 0.0900 e. The third kappa shape index (κ3) is 7.71. The lowest BCUT2D eigenvalue weighted by Crippen LogP contribution is -2.39. The molecule has 0 aromatic rings. The molecule has 0 saturated heterocycles. The molecule has 0 aliphatic heterocycles. The van der Waals surface area contributed by atoms with Gasteiger partial charge in [0.25, 0.3) is 0 Å². The van der Waals surface area contributed by atoms with Gasteiger partial charge >= 0.3 is 0 Å². The number of nitrogens with zero attached hydrogens (tertiary/aromatic N) is 1. The second-order valence-corrected chi connectivity index (χ2v) is 4.66. The summed E-state index contributed by atoms with van der Waals surface area (Å²) in [5.41, 5.74) is 0. The van der Waals surface area contributed by atoms with Crippen LogP contribution in [0.4, 0.5) is 0 Å². The van der Waals surface area contributed by atoms with Gasteiger partial charge in [-0.25, -0.2) is 0 Å². The first-order valence-corrected chi connectivity index (χ1v) is 6.53. The van der Waals surface area contributed by atoms with Crippen molar-refractivity contribution in [2.24, 2.45) is 0 Å². The molecule has 0 saturated carbocycles. The van der Waals surface area contributed by atoms with Crippen molar-refractivity contribution in [1.29, 1.82) is 0 Å². The molecule has 2 atom stereocenters. The van der Waals surface area contributed by atoms with E-state index in [2.05, 4.69) is 25.8 Å². The molecule has 4 nitrogen and oxygen atoms in total. The van der Waals surface area contributed by atoms with Crippen molar-refractivity contribution in [3.05, 3.63) is 0 Å². The molecule has 0 heterocycles. The van der Waals surface area contributed by atoms with Crippen LogP contribution < -0.4 is 0 Å². The van der Waals surface area contributed by atoms with Crippen molar-refractivity contribution < 1.29 is 14.6 Å². The van der Waals surface area contributed by atoms with E-state index in [0.717, 1.165) is 12.8 Å². The highest BCUT2D eigenvalue weighted by Crippen LogP contribution is 2.07. The Morgan fingerprint density at radius 3 is 2.24 bits per heavy atom. The van der Waals surface area contributed by atoms with Crippen molar-refractivity contribution in [1.82, 2.24) is 4.90 Å². The Morgan fingerprint density at radius 2 is 1.76 bits per heavy atom. The summed E-state index contributed by atoms with van der Waals surface area (Å²) in [5.74, 6) is 0. The van der Waals surface area contributed by atoms with Crippen molar-refractivity contribution in [3.63, 3.8) is 0 Å². The van der Waals surface area contributed by atoms with Crippen LogP contribution in [0.3, 0.4) is 0 Å². The number of aliphatic hydroxyl groups is 1. The Balaban J connectivity index is 3.80. The van der Waals surface area contributed by atoms with Crippen molar-refractivity contribution in [2.45, 2.75) is 51.9 Å². The molecule has 0 aliphatic carbocycles. The average Bonchev–Trinajstić information content (AvgIpc) is 2.28. The topological polar surface area (TPSA) is 41.9 Å². The molecule has 104 valence electrons. The second kappa shape index (κ2) is 9.83. The number of hydrogen-bond acceptors (Lipinski definition) is 4.